The number of rotatable bonds is 4. The van der Waals surface area contributed by atoms with E-state index in [9.17, 15) is 14.4 Å². The molecule has 0 saturated carbocycles. The van der Waals surface area contributed by atoms with Gasteiger partial charge >= 0.3 is 0 Å². The minimum absolute atomic E-state index is 0.240. The second kappa shape index (κ2) is 7.31. The Bertz CT molecular complexity index is 1140. The van der Waals surface area contributed by atoms with E-state index in [1.165, 1.54) is 17.0 Å². The highest BCUT2D eigenvalue weighted by Gasteiger charge is 2.37. The molecule has 0 atom stereocenters. The maximum absolute atomic E-state index is 13.0. The molecule has 1 aliphatic heterocycles. The smallest absolute Gasteiger partial charge is 0.266 e. The van der Waals surface area contributed by atoms with Gasteiger partial charge in [-0.25, -0.2) is 4.90 Å². The fraction of sp³-hybridized carbons (Fsp3) is 0.130. The standard InChI is InChI=1S/C23H19N3O3/c1-14-5-8-20(15(2)10-14)26-22(28)18-7-6-17(11-19(18)23(26)29)21(27)25-13-16-4-3-9-24-12-16/h3-12H,13H2,1-2H3,(H,25,27). The van der Waals surface area contributed by atoms with Gasteiger partial charge in [0, 0.05) is 24.5 Å². The van der Waals surface area contributed by atoms with E-state index in [2.05, 4.69) is 10.3 Å². The van der Waals surface area contributed by atoms with Crippen LogP contribution in [-0.2, 0) is 6.54 Å². The summed E-state index contributed by atoms with van der Waals surface area (Å²) in [5.41, 5.74) is 4.20. The molecule has 1 aromatic heterocycles. The number of aryl methyl sites for hydroxylation is 2. The van der Waals surface area contributed by atoms with E-state index in [1.807, 2.05) is 32.0 Å². The van der Waals surface area contributed by atoms with Crippen molar-refractivity contribution in [2.45, 2.75) is 20.4 Å². The minimum atomic E-state index is -0.418. The van der Waals surface area contributed by atoms with Gasteiger partial charge in [0.1, 0.15) is 0 Å². The summed E-state index contributed by atoms with van der Waals surface area (Å²) in [5, 5.41) is 2.80. The summed E-state index contributed by atoms with van der Waals surface area (Å²) in [4.78, 5) is 43.5. The monoisotopic (exact) mass is 385 g/mol. The van der Waals surface area contributed by atoms with Gasteiger partial charge in [0.15, 0.2) is 0 Å². The predicted molar refractivity (Wildman–Crippen MR) is 109 cm³/mol. The van der Waals surface area contributed by atoms with E-state index in [0.29, 0.717) is 23.4 Å². The van der Waals surface area contributed by atoms with Crippen molar-refractivity contribution < 1.29 is 14.4 Å². The number of aromatic nitrogens is 1. The summed E-state index contributed by atoms with van der Waals surface area (Å²) >= 11 is 0. The highest BCUT2D eigenvalue weighted by atomic mass is 16.2. The average molecular weight is 385 g/mol. The molecule has 6 heteroatoms. The molecule has 0 radical (unpaired) electrons. The summed E-state index contributed by atoms with van der Waals surface area (Å²) in [5.74, 6) is -1.11. The van der Waals surface area contributed by atoms with Gasteiger partial charge in [-0.15, -0.1) is 0 Å². The third kappa shape index (κ3) is 3.40. The third-order valence-electron chi connectivity index (χ3n) is 4.92. The lowest BCUT2D eigenvalue weighted by atomic mass is 10.1. The number of benzene rings is 2. The molecule has 0 fully saturated rings. The van der Waals surface area contributed by atoms with E-state index in [-0.39, 0.29) is 17.4 Å². The van der Waals surface area contributed by atoms with Crippen LogP contribution in [0.25, 0.3) is 0 Å². The number of nitrogens with one attached hydrogen (secondary N) is 1. The van der Waals surface area contributed by atoms with E-state index in [0.717, 1.165) is 16.7 Å². The molecule has 0 saturated heterocycles. The predicted octanol–water partition coefficient (Wildman–Crippen LogP) is 3.43. The molecule has 1 N–H and O–H groups in total. The summed E-state index contributed by atoms with van der Waals surface area (Å²) in [6, 6.07) is 13.8. The molecular weight excluding hydrogens is 366 g/mol. The maximum Gasteiger partial charge on any atom is 0.266 e. The van der Waals surface area contributed by atoms with Crippen molar-refractivity contribution in [1.29, 1.82) is 0 Å². The lowest BCUT2D eigenvalue weighted by Gasteiger charge is -2.16. The molecule has 0 unspecified atom stereocenters. The molecule has 0 spiro atoms. The number of amides is 3. The van der Waals surface area contributed by atoms with Gasteiger partial charge in [-0.05, 0) is 55.3 Å². The first-order chi connectivity index (χ1) is 14.0. The molecule has 3 amide bonds. The maximum atomic E-state index is 13.0. The first kappa shape index (κ1) is 18.6. The fourth-order valence-electron chi connectivity index (χ4n) is 3.44. The van der Waals surface area contributed by atoms with Crippen molar-refractivity contribution >= 4 is 23.4 Å². The number of hydrogen-bond donors (Lipinski definition) is 1. The highest BCUT2D eigenvalue weighted by molar-refractivity contribution is 6.35. The van der Waals surface area contributed by atoms with Gasteiger partial charge in [0.25, 0.3) is 17.7 Å². The van der Waals surface area contributed by atoms with Gasteiger partial charge in [-0.1, -0.05) is 23.8 Å². The molecule has 2 heterocycles. The Kier molecular flexibility index (Phi) is 4.68. The zero-order valence-electron chi connectivity index (χ0n) is 16.1. The Balaban J connectivity index is 1.59. The van der Waals surface area contributed by atoms with E-state index in [4.69, 9.17) is 0 Å². The fourth-order valence-corrected chi connectivity index (χ4v) is 3.44. The van der Waals surface area contributed by atoms with Crippen LogP contribution in [0.15, 0.2) is 60.9 Å². The van der Waals surface area contributed by atoms with Gasteiger partial charge in [0.2, 0.25) is 0 Å². The van der Waals surface area contributed by atoms with Crippen LogP contribution in [0.2, 0.25) is 0 Å². The summed E-state index contributed by atoms with van der Waals surface area (Å²) in [7, 11) is 0. The zero-order chi connectivity index (χ0) is 20.5. The number of hydrogen-bond acceptors (Lipinski definition) is 4. The Morgan fingerprint density at radius 3 is 2.52 bits per heavy atom. The average Bonchev–Trinajstić information content (AvgIpc) is 2.97. The largest absolute Gasteiger partial charge is 0.348 e. The van der Waals surface area contributed by atoms with Crippen molar-refractivity contribution in [3.63, 3.8) is 0 Å². The van der Waals surface area contributed by atoms with Crippen LogP contribution in [-0.4, -0.2) is 22.7 Å². The van der Waals surface area contributed by atoms with Crippen LogP contribution in [0.5, 0.6) is 0 Å². The van der Waals surface area contributed by atoms with E-state index >= 15 is 0 Å². The van der Waals surface area contributed by atoms with Crippen LogP contribution in [0.1, 0.15) is 47.8 Å². The molecule has 1 aliphatic rings. The topological polar surface area (TPSA) is 79.4 Å². The molecule has 6 nitrogen and oxygen atoms in total. The summed E-state index contributed by atoms with van der Waals surface area (Å²) in [6.07, 6.45) is 3.34. The van der Waals surface area contributed by atoms with Crippen LogP contribution >= 0.6 is 0 Å². The number of fused-ring (bicyclic) bond motifs is 1. The number of imide groups is 1. The van der Waals surface area contributed by atoms with Crippen LogP contribution in [0, 0.1) is 13.8 Å². The number of pyridine rings is 1. The summed E-state index contributed by atoms with van der Waals surface area (Å²) < 4.78 is 0. The van der Waals surface area contributed by atoms with Crippen molar-refractivity contribution in [2.75, 3.05) is 4.90 Å². The number of nitrogens with zero attached hydrogens (tertiary/aromatic N) is 2. The van der Waals surface area contributed by atoms with Crippen molar-refractivity contribution in [2.24, 2.45) is 0 Å². The first-order valence-electron chi connectivity index (χ1n) is 9.23. The molecule has 0 bridgehead atoms. The molecule has 144 valence electrons. The van der Waals surface area contributed by atoms with Gasteiger partial charge in [-0.3, -0.25) is 19.4 Å². The van der Waals surface area contributed by atoms with Gasteiger partial charge < -0.3 is 5.32 Å². The lowest BCUT2D eigenvalue weighted by molar-refractivity contribution is 0.0923. The van der Waals surface area contributed by atoms with Crippen molar-refractivity contribution in [3.8, 4) is 0 Å². The van der Waals surface area contributed by atoms with Crippen molar-refractivity contribution in [1.82, 2.24) is 10.3 Å². The van der Waals surface area contributed by atoms with E-state index in [1.54, 1.807) is 30.6 Å². The summed E-state index contributed by atoms with van der Waals surface area (Å²) in [6.45, 7) is 4.14. The molecule has 3 aromatic rings. The first-order valence-corrected chi connectivity index (χ1v) is 9.23. The minimum Gasteiger partial charge on any atom is -0.348 e. The Hall–Kier alpha value is -3.80. The van der Waals surface area contributed by atoms with Crippen molar-refractivity contribution in [3.05, 3.63) is 94.3 Å². The molecule has 4 rings (SSSR count). The SMILES string of the molecule is Cc1ccc(N2C(=O)c3ccc(C(=O)NCc4cccnc4)cc3C2=O)c(C)c1. The number of carbonyl (C=O) groups is 3. The number of anilines is 1. The Morgan fingerprint density at radius 2 is 1.79 bits per heavy atom. The molecule has 2 aromatic carbocycles. The second-order valence-electron chi connectivity index (χ2n) is 7.04. The zero-order valence-corrected chi connectivity index (χ0v) is 16.1. The van der Waals surface area contributed by atoms with Gasteiger partial charge in [0.05, 0.1) is 16.8 Å². The second-order valence-corrected chi connectivity index (χ2v) is 7.04. The van der Waals surface area contributed by atoms with Crippen LogP contribution in [0.4, 0.5) is 5.69 Å². The van der Waals surface area contributed by atoms with Crippen LogP contribution in [0.3, 0.4) is 0 Å². The van der Waals surface area contributed by atoms with Crippen LogP contribution < -0.4 is 10.2 Å². The Labute approximate surface area is 168 Å². The lowest BCUT2D eigenvalue weighted by Crippen LogP contribution is -2.30. The molecular formula is C23H19N3O3. The molecule has 29 heavy (non-hydrogen) atoms. The normalized spacial score (nSPS) is 12.8. The Morgan fingerprint density at radius 1 is 1.00 bits per heavy atom. The van der Waals surface area contributed by atoms with E-state index < -0.39 is 5.91 Å². The quantitative estimate of drug-likeness (QED) is 0.698. The highest BCUT2D eigenvalue weighted by Crippen LogP contribution is 2.31. The third-order valence-corrected chi connectivity index (χ3v) is 4.92. The molecule has 0 aliphatic carbocycles. The number of carbonyl (C=O) groups excluding carboxylic acids is 3. The van der Waals surface area contributed by atoms with Gasteiger partial charge in [-0.2, -0.15) is 0 Å².